The van der Waals surface area contributed by atoms with E-state index in [0.29, 0.717) is 23.5 Å². The van der Waals surface area contributed by atoms with Crippen LogP contribution in [0.5, 0.6) is 0 Å². The van der Waals surface area contributed by atoms with Crippen LogP contribution in [0, 0.1) is 0 Å². The molecule has 0 aromatic heterocycles. The normalized spacial score (nSPS) is 10.0. The molecule has 110 valence electrons. The zero-order chi connectivity index (χ0) is 15.3. The molecule has 0 aliphatic rings. The lowest BCUT2D eigenvalue weighted by Gasteiger charge is -2.23. The van der Waals surface area contributed by atoms with Gasteiger partial charge in [0.25, 0.3) is 5.91 Å². The van der Waals surface area contributed by atoms with E-state index in [-0.39, 0.29) is 18.4 Å². The Kier molecular flexibility index (Phi) is 5.37. The second-order valence-electron chi connectivity index (χ2n) is 4.79. The number of nitrogens with one attached hydrogen (secondary N) is 1. The second kappa shape index (κ2) is 6.79. The van der Waals surface area contributed by atoms with Crippen LogP contribution < -0.4 is 16.0 Å². The van der Waals surface area contributed by atoms with Crippen LogP contribution >= 0.6 is 0 Å². The van der Waals surface area contributed by atoms with Crippen molar-refractivity contribution in [2.45, 2.75) is 6.92 Å². The Bertz CT molecular complexity index is 500. The second-order valence-corrected chi connectivity index (χ2v) is 4.79. The average molecular weight is 278 g/mol. The Morgan fingerprint density at radius 3 is 2.45 bits per heavy atom. The number of nitrogens with two attached hydrogens (primary N) is 1. The molecule has 6 heteroatoms. The number of rotatable bonds is 5. The maximum Gasteiger partial charge on any atom is 0.255 e. The summed E-state index contributed by atoms with van der Waals surface area (Å²) in [5, 5.41) is 2.73. The Balaban J connectivity index is 3.05. The summed E-state index contributed by atoms with van der Waals surface area (Å²) < 4.78 is 0. The molecule has 0 atom stereocenters. The summed E-state index contributed by atoms with van der Waals surface area (Å²) in [6, 6.07) is 5.07. The molecule has 0 spiro atoms. The number of hydrogen-bond acceptors (Lipinski definition) is 4. The zero-order valence-electron chi connectivity index (χ0n) is 12.4. The van der Waals surface area contributed by atoms with Crippen molar-refractivity contribution in [1.82, 2.24) is 10.2 Å². The predicted molar refractivity (Wildman–Crippen MR) is 80.8 cm³/mol. The highest BCUT2D eigenvalue weighted by Gasteiger charge is 2.17. The number of amides is 2. The summed E-state index contributed by atoms with van der Waals surface area (Å²) in [6.07, 6.45) is 0. The summed E-state index contributed by atoms with van der Waals surface area (Å²) >= 11 is 0. The van der Waals surface area contributed by atoms with Gasteiger partial charge in [0.15, 0.2) is 0 Å². The highest BCUT2D eigenvalue weighted by atomic mass is 16.2. The molecule has 1 rings (SSSR count). The van der Waals surface area contributed by atoms with Crippen LogP contribution in [0.2, 0.25) is 0 Å². The largest absolute Gasteiger partial charge is 0.399 e. The van der Waals surface area contributed by atoms with Crippen molar-refractivity contribution in [2.24, 2.45) is 0 Å². The van der Waals surface area contributed by atoms with Gasteiger partial charge in [0, 0.05) is 33.4 Å². The molecule has 0 saturated carbocycles. The van der Waals surface area contributed by atoms with Crippen molar-refractivity contribution in [3.63, 3.8) is 0 Å². The van der Waals surface area contributed by atoms with E-state index in [1.165, 1.54) is 4.90 Å². The van der Waals surface area contributed by atoms with Gasteiger partial charge in [-0.25, -0.2) is 0 Å². The number of hydrogen-bond donors (Lipinski definition) is 2. The molecule has 0 heterocycles. The maximum atomic E-state index is 12.2. The monoisotopic (exact) mass is 278 g/mol. The molecule has 6 nitrogen and oxygen atoms in total. The first-order valence-electron chi connectivity index (χ1n) is 6.45. The molecule has 2 amide bonds. The van der Waals surface area contributed by atoms with Crippen molar-refractivity contribution in [3.05, 3.63) is 23.8 Å². The molecule has 0 unspecified atom stereocenters. The fourth-order valence-electron chi connectivity index (χ4n) is 1.84. The SMILES string of the molecule is CCNC(=O)CN(C)c1cc(N)ccc1C(=O)N(C)C. The van der Waals surface area contributed by atoms with Gasteiger partial charge in [-0.05, 0) is 25.1 Å². The lowest BCUT2D eigenvalue weighted by Crippen LogP contribution is -2.36. The molecule has 0 fully saturated rings. The smallest absolute Gasteiger partial charge is 0.255 e. The van der Waals surface area contributed by atoms with Crippen molar-refractivity contribution >= 4 is 23.2 Å². The van der Waals surface area contributed by atoms with Gasteiger partial charge in [-0.1, -0.05) is 0 Å². The van der Waals surface area contributed by atoms with Crippen molar-refractivity contribution < 1.29 is 9.59 Å². The van der Waals surface area contributed by atoms with E-state index in [0.717, 1.165) is 0 Å². The van der Waals surface area contributed by atoms with Crippen LogP contribution in [0.15, 0.2) is 18.2 Å². The minimum absolute atomic E-state index is 0.0966. The fourth-order valence-corrected chi connectivity index (χ4v) is 1.84. The van der Waals surface area contributed by atoms with E-state index in [9.17, 15) is 9.59 Å². The Morgan fingerprint density at radius 2 is 1.90 bits per heavy atom. The van der Waals surface area contributed by atoms with Gasteiger partial charge < -0.3 is 20.9 Å². The van der Waals surface area contributed by atoms with E-state index < -0.39 is 0 Å². The first-order valence-corrected chi connectivity index (χ1v) is 6.45. The van der Waals surface area contributed by atoms with E-state index in [4.69, 9.17) is 5.73 Å². The van der Waals surface area contributed by atoms with Crippen molar-refractivity contribution in [2.75, 3.05) is 44.9 Å². The summed E-state index contributed by atoms with van der Waals surface area (Å²) in [5.41, 5.74) is 7.50. The maximum absolute atomic E-state index is 12.2. The molecule has 3 N–H and O–H groups in total. The molecular formula is C14H22N4O2. The molecule has 1 aromatic rings. The molecule has 0 aliphatic heterocycles. The number of nitrogens with zero attached hydrogens (tertiary/aromatic N) is 2. The quantitative estimate of drug-likeness (QED) is 0.771. The standard InChI is InChI=1S/C14H22N4O2/c1-5-16-13(19)9-18(4)12-8-10(15)6-7-11(12)14(20)17(2)3/h6-8H,5,9,15H2,1-4H3,(H,16,19). The summed E-state index contributed by atoms with van der Waals surface area (Å²) in [5.74, 6) is -0.219. The number of benzene rings is 1. The minimum Gasteiger partial charge on any atom is -0.399 e. The average Bonchev–Trinajstić information content (AvgIpc) is 2.37. The van der Waals surface area contributed by atoms with E-state index in [1.807, 2.05) is 6.92 Å². The third kappa shape index (κ3) is 3.88. The molecule has 1 aromatic carbocycles. The Labute approximate surface area is 119 Å². The Morgan fingerprint density at radius 1 is 1.25 bits per heavy atom. The highest BCUT2D eigenvalue weighted by molar-refractivity contribution is 6.00. The number of anilines is 2. The predicted octanol–water partition coefficient (Wildman–Crippen LogP) is 0.543. The van der Waals surface area contributed by atoms with Gasteiger partial charge >= 0.3 is 0 Å². The zero-order valence-corrected chi connectivity index (χ0v) is 12.4. The fraction of sp³-hybridized carbons (Fsp3) is 0.429. The van der Waals surface area contributed by atoms with Crippen LogP contribution in [-0.2, 0) is 4.79 Å². The van der Waals surface area contributed by atoms with Gasteiger partial charge in [0.1, 0.15) is 0 Å². The first kappa shape index (κ1) is 15.8. The van der Waals surface area contributed by atoms with Gasteiger partial charge in [-0.15, -0.1) is 0 Å². The number of carbonyl (C=O) groups is 2. The van der Waals surface area contributed by atoms with Crippen LogP contribution in [0.25, 0.3) is 0 Å². The van der Waals surface area contributed by atoms with Gasteiger partial charge in [-0.2, -0.15) is 0 Å². The van der Waals surface area contributed by atoms with Crippen LogP contribution in [0.1, 0.15) is 17.3 Å². The molecule has 20 heavy (non-hydrogen) atoms. The summed E-state index contributed by atoms with van der Waals surface area (Å²) in [7, 11) is 5.13. The van der Waals surface area contributed by atoms with Crippen LogP contribution in [0.3, 0.4) is 0 Å². The number of likely N-dealkylation sites (N-methyl/N-ethyl adjacent to an activating group) is 2. The molecule has 0 bridgehead atoms. The van der Waals surface area contributed by atoms with Crippen LogP contribution in [-0.4, -0.2) is 50.9 Å². The molecular weight excluding hydrogens is 256 g/mol. The third-order valence-electron chi connectivity index (χ3n) is 2.82. The van der Waals surface area contributed by atoms with Crippen LogP contribution in [0.4, 0.5) is 11.4 Å². The number of nitrogen functional groups attached to an aromatic ring is 1. The molecule has 0 saturated heterocycles. The minimum atomic E-state index is -0.122. The lowest BCUT2D eigenvalue weighted by molar-refractivity contribution is -0.119. The molecule has 0 radical (unpaired) electrons. The summed E-state index contributed by atoms with van der Waals surface area (Å²) in [6.45, 7) is 2.61. The highest BCUT2D eigenvalue weighted by Crippen LogP contribution is 2.23. The van der Waals surface area contributed by atoms with E-state index >= 15 is 0 Å². The van der Waals surface area contributed by atoms with Gasteiger partial charge in [-0.3, -0.25) is 9.59 Å². The third-order valence-corrected chi connectivity index (χ3v) is 2.82. The van der Waals surface area contributed by atoms with E-state index in [1.54, 1.807) is 44.2 Å². The van der Waals surface area contributed by atoms with Crippen molar-refractivity contribution in [1.29, 1.82) is 0 Å². The van der Waals surface area contributed by atoms with Crippen molar-refractivity contribution in [3.8, 4) is 0 Å². The van der Waals surface area contributed by atoms with Gasteiger partial charge in [0.05, 0.1) is 17.8 Å². The first-order chi connectivity index (χ1) is 9.36. The lowest BCUT2D eigenvalue weighted by atomic mass is 10.1. The Hall–Kier alpha value is -2.24. The number of carbonyl (C=O) groups excluding carboxylic acids is 2. The topological polar surface area (TPSA) is 78.7 Å². The van der Waals surface area contributed by atoms with E-state index in [2.05, 4.69) is 5.32 Å². The van der Waals surface area contributed by atoms with Gasteiger partial charge in [0.2, 0.25) is 5.91 Å². The summed E-state index contributed by atoms with van der Waals surface area (Å²) in [4.78, 5) is 27.0. The molecule has 0 aliphatic carbocycles.